The second kappa shape index (κ2) is 8.06. The number of nitrogens with one attached hydrogen (secondary N) is 1. The summed E-state index contributed by atoms with van der Waals surface area (Å²) in [5.74, 6) is 1.18. The van der Waals surface area contributed by atoms with E-state index in [2.05, 4.69) is 20.5 Å². The summed E-state index contributed by atoms with van der Waals surface area (Å²) < 4.78 is 5.22. The Hall–Kier alpha value is -3.44. The van der Waals surface area contributed by atoms with Gasteiger partial charge in [-0.05, 0) is 35.9 Å². The Labute approximate surface area is 167 Å². The molecule has 0 aliphatic rings. The van der Waals surface area contributed by atoms with Crippen molar-refractivity contribution in [3.8, 4) is 17.0 Å². The molecule has 4 aromatic rings. The summed E-state index contributed by atoms with van der Waals surface area (Å²) in [5.41, 5.74) is 6.40. The normalized spacial score (nSPS) is 11.1. The number of hydrogen-bond acceptors (Lipinski definition) is 5. The minimum absolute atomic E-state index is 0.410. The van der Waals surface area contributed by atoms with E-state index in [1.807, 2.05) is 72.8 Å². The van der Waals surface area contributed by atoms with E-state index in [9.17, 15) is 0 Å². The molecule has 1 heterocycles. The molecule has 1 N–H and O–H groups in total. The van der Waals surface area contributed by atoms with Gasteiger partial charge >= 0.3 is 0 Å². The van der Waals surface area contributed by atoms with Gasteiger partial charge in [0.1, 0.15) is 5.75 Å². The number of methoxy groups -OCH3 is 1. The molecule has 6 heteroatoms. The second-order valence-electron chi connectivity index (χ2n) is 6.07. The summed E-state index contributed by atoms with van der Waals surface area (Å²) in [6.45, 7) is 0. The van der Waals surface area contributed by atoms with Crippen molar-refractivity contribution >= 4 is 34.7 Å². The minimum Gasteiger partial charge on any atom is -0.497 e. The summed E-state index contributed by atoms with van der Waals surface area (Å²) in [6, 6.07) is 23.1. The third-order valence-electron chi connectivity index (χ3n) is 4.18. The second-order valence-corrected chi connectivity index (χ2v) is 6.51. The Balaban J connectivity index is 1.69. The molecule has 28 heavy (non-hydrogen) atoms. The van der Waals surface area contributed by atoms with Gasteiger partial charge in [-0.1, -0.05) is 54.1 Å². The van der Waals surface area contributed by atoms with Gasteiger partial charge < -0.3 is 4.74 Å². The quantitative estimate of drug-likeness (QED) is 0.367. The van der Waals surface area contributed by atoms with Crippen molar-refractivity contribution in [2.45, 2.75) is 0 Å². The molecule has 5 nitrogen and oxygen atoms in total. The van der Waals surface area contributed by atoms with E-state index in [-0.39, 0.29) is 0 Å². The predicted octanol–water partition coefficient (Wildman–Crippen LogP) is 5.40. The molecule has 0 radical (unpaired) electrons. The number of halogens is 1. The van der Waals surface area contributed by atoms with Crippen LogP contribution in [-0.2, 0) is 0 Å². The van der Waals surface area contributed by atoms with Crippen LogP contribution in [0.5, 0.6) is 5.75 Å². The average Bonchev–Trinajstić information content (AvgIpc) is 2.74. The van der Waals surface area contributed by atoms with Crippen LogP contribution in [0.3, 0.4) is 0 Å². The molecular weight excluding hydrogens is 372 g/mol. The fraction of sp³-hybridized carbons (Fsp3) is 0.0455. The molecule has 0 fully saturated rings. The lowest BCUT2D eigenvalue weighted by Crippen LogP contribution is -2.00. The van der Waals surface area contributed by atoms with Crippen LogP contribution in [-0.4, -0.2) is 23.3 Å². The summed E-state index contributed by atoms with van der Waals surface area (Å²) >= 11 is 6.19. The number of aromatic nitrogens is 2. The Bertz CT molecular complexity index is 1150. The van der Waals surface area contributed by atoms with E-state index >= 15 is 0 Å². The maximum Gasteiger partial charge on any atom is 0.244 e. The van der Waals surface area contributed by atoms with E-state index in [0.717, 1.165) is 33.5 Å². The summed E-state index contributed by atoms with van der Waals surface area (Å²) in [4.78, 5) is 9.21. The molecule has 4 rings (SSSR count). The number of rotatable bonds is 5. The van der Waals surface area contributed by atoms with Gasteiger partial charge in [-0.25, -0.2) is 15.4 Å². The van der Waals surface area contributed by atoms with Crippen LogP contribution in [0, 0.1) is 0 Å². The van der Waals surface area contributed by atoms with Crippen LogP contribution in [0.4, 0.5) is 5.95 Å². The highest BCUT2D eigenvalue weighted by atomic mass is 35.5. The lowest BCUT2D eigenvalue weighted by molar-refractivity contribution is 0.415. The number of ether oxygens (including phenoxy) is 1. The van der Waals surface area contributed by atoms with Crippen molar-refractivity contribution in [3.05, 3.63) is 83.4 Å². The number of hydrogen-bond donors (Lipinski definition) is 1. The van der Waals surface area contributed by atoms with Crippen molar-refractivity contribution in [2.24, 2.45) is 5.10 Å². The fourth-order valence-corrected chi connectivity index (χ4v) is 3.03. The number of anilines is 1. The van der Waals surface area contributed by atoms with Gasteiger partial charge in [0.25, 0.3) is 0 Å². The molecule has 0 saturated carbocycles. The van der Waals surface area contributed by atoms with E-state index in [4.69, 9.17) is 16.3 Å². The zero-order chi connectivity index (χ0) is 19.3. The van der Waals surface area contributed by atoms with Gasteiger partial charge in [0.15, 0.2) is 0 Å². The van der Waals surface area contributed by atoms with E-state index < -0.39 is 0 Å². The lowest BCUT2D eigenvalue weighted by atomic mass is 10.1. The van der Waals surface area contributed by atoms with Crippen molar-refractivity contribution in [2.75, 3.05) is 12.5 Å². The topological polar surface area (TPSA) is 59.4 Å². The van der Waals surface area contributed by atoms with Crippen LogP contribution < -0.4 is 10.2 Å². The summed E-state index contributed by atoms with van der Waals surface area (Å²) in [6.07, 6.45) is 1.69. The first kappa shape index (κ1) is 17.9. The molecular formula is C22H17ClN4O. The van der Waals surface area contributed by atoms with E-state index in [1.54, 1.807) is 13.3 Å². The summed E-state index contributed by atoms with van der Waals surface area (Å²) in [7, 11) is 1.63. The molecule has 3 aromatic carbocycles. The van der Waals surface area contributed by atoms with Gasteiger partial charge in [0.2, 0.25) is 5.95 Å². The Kier molecular flexibility index (Phi) is 5.17. The van der Waals surface area contributed by atoms with Gasteiger partial charge in [0.05, 0.1) is 24.5 Å². The first-order valence-corrected chi connectivity index (χ1v) is 9.06. The molecule has 138 valence electrons. The first-order valence-electron chi connectivity index (χ1n) is 8.69. The van der Waals surface area contributed by atoms with Crippen molar-refractivity contribution in [1.82, 2.24) is 9.97 Å². The molecule has 0 atom stereocenters. The van der Waals surface area contributed by atoms with Gasteiger partial charge in [-0.3, -0.25) is 0 Å². The third kappa shape index (κ3) is 3.94. The standard InChI is InChI=1S/C22H17ClN4O/c1-28-18-9-5-6-15(12-18)14-24-27-22-25-20-11-10-17(23)13-19(20)21(26-22)16-7-3-2-4-8-16/h2-14H,1H3,(H,25,26,27)/b24-14+. The van der Waals surface area contributed by atoms with Gasteiger partial charge in [0, 0.05) is 16.0 Å². The Morgan fingerprint density at radius 2 is 1.82 bits per heavy atom. The van der Waals surface area contributed by atoms with Crippen molar-refractivity contribution in [3.63, 3.8) is 0 Å². The number of nitrogens with zero attached hydrogens (tertiary/aromatic N) is 3. The zero-order valence-electron chi connectivity index (χ0n) is 15.1. The highest BCUT2D eigenvalue weighted by Crippen LogP contribution is 2.29. The van der Waals surface area contributed by atoms with Crippen LogP contribution in [0.15, 0.2) is 77.9 Å². The number of hydrazone groups is 1. The highest BCUT2D eigenvalue weighted by molar-refractivity contribution is 6.31. The van der Waals surface area contributed by atoms with Crippen LogP contribution in [0.1, 0.15) is 5.56 Å². The average molecular weight is 389 g/mol. The van der Waals surface area contributed by atoms with Gasteiger partial charge in [-0.15, -0.1) is 0 Å². The van der Waals surface area contributed by atoms with Crippen molar-refractivity contribution < 1.29 is 4.74 Å². The molecule has 1 aromatic heterocycles. The van der Waals surface area contributed by atoms with E-state index in [0.29, 0.717) is 11.0 Å². The monoisotopic (exact) mass is 388 g/mol. The van der Waals surface area contributed by atoms with Crippen LogP contribution >= 0.6 is 11.6 Å². The molecule has 0 saturated heterocycles. The Morgan fingerprint density at radius 3 is 2.64 bits per heavy atom. The third-order valence-corrected chi connectivity index (χ3v) is 4.41. The highest BCUT2D eigenvalue weighted by Gasteiger charge is 2.10. The SMILES string of the molecule is COc1cccc(/C=N/Nc2nc(-c3ccccc3)c3cc(Cl)ccc3n2)c1. The molecule has 0 unspecified atom stereocenters. The molecule has 0 aliphatic carbocycles. The zero-order valence-corrected chi connectivity index (χ0v) is 15.9. The predicted molar refractivity (Wildman–Crippen MR) is 114 cm³/mol. The Morgan fingerprint density at radius 1 is 0.964 bits per heavy atom. The first-order chi connectivity index (χ1) is 13.7. The maximum absolute atomic E-state index is 6.19. The largest absolute Gasteiger partial charge is 0.497 e. The van der Waals surface area contributed by atoms with Crippen LogP contribution in [0.2, 0.25) is 5.02 Å². The maximum atomic E-state index is 6.19. The van der Waals surface area contributed by atoms with Crippen molar-refractivity contribution in [1.29, 1.82) is 0 Å². The van der Waals surface area contributed by atoms with Crippen LogP contribution in [0.25, 0.3) is 22.2 Å². The molecule has 0 bridgehead atoms. The molecule has 0 amide bonds. The molecule has 0 spiro atoms. The fourth-order valence-electron chi connectivity index (χ4n) is 2.85. The minimum atomic E-state index is 0.410. The van der Waals surface area contributed by atoms with Gasteiger partial charge in [-0.2, -0.15) is 5.10 Å². The van der Waals surface area contributed by atoms with E-state index in [1.165, 1.54) is 0 Å². The molecule has 0 aliphatic heterocycles. The smallest absolute Gasteiger partial charge is 0.244 e. The number of benzene rings is 3. The number of fused-ring (bicyclic) bond motifs is 1. The summed E-state index contributed by atoms with van der Waals surface area (Å²) in [5, 5.41) is 5.80. The lowest BCUT2D eigenvalue weighted by Gasteiger charge is -2.09.